The Morgan fingerprint density at radius 3 is 3.31 bits per heavy atom. The second kappa shape index (κ2) is 3.09. The van der Waals surface area contributed by atoms with E-state index in [9.17, 15) is 4.79 Å². The van der Waals surface area contributed by atoms with Crippen molar-refractivity contribution in [2.75, 3.05) is 6.54 Å². The number of allylic oxidation sites excluding steroid dienone is 1. The standard InChI is InChI=1S/C10H12N2O/c1-2-3-7-6-12-10(13)8-4-5-11-9(7)8/h2,4-5,7,11H,1,3,6H2,(H,12,13)/t7-/m1/s1. The lowest BCUT2D eigenvalue weighted by molar-refractivity contribution is 0.0940. The van der Waals surface area contributed by atoms with E-state index in [1.165, 1.54) is 0 Å². The first-order chi connectivity index (χ1) is 6.33. The molecule has 1 atom stereocenters. The minimum Gasteiger partial charge on any atom is -0.364 e. The molecule has 0 aliphatic carbocycles. The van der Waals surface area contributed by atoms with E-state index in [0.29, 0.717) is 12.5 Å². The van der Waals surface area contributed by atoms with E-state index in [4.69, 9.17) is 0 Å². The molecule has 0 aromatic carbocycles. The maximum Gasteiger partial charge on any atom is 0.253 e. The van der Waals surface area contributed by atoms with Crippen molar-refractivity contribution in [1.82, 2.24) is 10.3 Å². The molecule has 2 N–H and O–H groups in total. The highest BCUT2D eigenvalue weighted by molar-refractivity contribution is 5.96. The largest absolute Gasteiger partial charge is 0.364 e. The normalized spacial score (nSPS) is 20.6. The van der Waals surface area contributed by atoms with Gasteiger partial charge in [0.15, 0.2) is 0 Å². The number of hydrogen-bond acceptors (Lipinski definition) is 1. The van der Waals surface area contributed by atoms with E-state index < -0.39 is 0 Å². The van der Waals surface area contributed by atoms with Crippen LogP contribution in [-0.4, -0.2) is 17.4 Å². The molecule has 13 heavy (non-hydrogen) atoms. The van der Waals surface area contributed by atoms with Crippen molar-refractivity contribution in [3.63, 3.8) is 0 Å². The predicted molar refractivity (Wildman–Crippen MR) is 50.7 cm³/mol. The van der Waals surface area contributed by atoms with Gasteiger partial charge < -0.3 is 10.3 Å². The SMILES string of the molecule is C=CC[C@@H]1CNC(=O)c2cc[nH]c21. The lowest BCUT2D eigenvalue weighted by Gasteiger charge is -2.21. The fourth-order valence-electron chi connectivity index (χ4n) is 1.73. The Morgan fingerprint density at radius 2 is 2.54 bits per heavy atom. The van der Waals surface area contributed by atoms with Gasteiger partial charge in [0, 0.05) is 24.4 Å². The Kier molecular flexibility index (Phi) is 1.93. The number of hydrogen-bond donors (Lipinski definition) is 2. The molecule has 1 aromatic rings. The fraction of sp³-hybridized carbons (Fsp3) is 0.300. The van der Waals surface area contributed by atoms with Crippen LogP contribution in [0.1, 0.15) is 28.4 Å². The molecular weight excluding hydrogens is 164 g/mol. The molecule has 0 saturated carbocycles. The van der Waals surface area contributed by atoms with Gasteiger partial charge in [0.05, 0.1) is 5.56 Å². The topological polar surface area (TPSA) is 44.9 Å². The smallest absolute Gasteiger partial charge is 0.253 e. The van der Waals surface area contributed by atoms with Crippen LogP contribution in [0.4, 0.5) is 0 Å². The van der Waals surface area contributed by atoms with E-state index in [-0.39, 0.29) is 5.91 Å². The van der Waals surface area contributed by atoms with E-state index in [1.807, 2.05) is 18.3 Å². The zero-order chi connectivity index (χ0) is 9.26. The minimum atomic E-state index is 0.0246. The molecule has 1 aliphatic heterocycles. The Balaban J connectivity index is 2.34. The van der Waals surface area contributed by atoms with Gasteiger partial charge in [0.25, 0.3) is 5.91 Å². The highest BCUT2D eigenvalue weighted by Crippen LogP contribution is 2.25. The van der Waals surface area contributed by atoms with Crippen LogP contribution < -0.4 is 5.32 Å². The molecule has 2 rings (SSSR count). The van der Waals surface area contributed by atoms with Crippen LogP contribution in [0.15, 0.2) is 24.9 Å². The number of aromatic amines is 1. The molecule has 1 aliphatic rings. The molecule has 3 nitrogen and oxygen atoms in total. The van der Waals surface area contributed by atoms with Crippen molar-refractivity contribution in [2.24, 2.45) is 0 Å². The Bertz CT molecular complexity index is 340. The van der Waals surface area contributed by atoms with Gasteiger partial charge in [-0.25, -0.2) is 0 Å². The van der Waals surface area contributed by atoms with Gasteiger partial charge in [-0.3, -0.25) is 4.79 Å². The number of aromatic nitrogens is 1. The summed E-state index contributed by atoms with van der Waals surface area (Å²) in [5.74, 6) is 0.386. The van der Waals surface area contributed by atoms with Crippen LogP contribution in [-0.2, 0) is 0 Å². The third-order valence-corrected chi connectivity index (χ3v) is 2.39. The molecule has 68 valence electrons. The summed E-state index contributed by atoms with van der Waals surface area (Å²) >= 11 is 0. The second-order valence-electron chi connectivity index (χ2n) is 3.24. The molecule has 3 heteroatoms. The first-order valence-corrected chi connectivity index (χ1v) is 4.39. The molecule has 1 aromatic heterocycles. The molecule has 0 radical (unpaired) electrons. The Labute approximate surface area is 76.8 Å². The maximum absolute atomic E-state index is 11.3. The van der Waals surface area contributed by atoms with Crippen molar-refractivity contribution in [3.05, 3.63) is 36.2 Å². The molecule has 0 fully saturated rings. The monoisotopic (exact) mass is 176 g/mol. The first kappa shape index (κ1) is 8.10. The minimum absolute atomic E-state index is 0.0246. The van der Waals surface area contributed by atoms with Gasteiger partial charge >= 0.3 is 0 Å². The molecule has 2 heterocycles. The molecule has 0 unspecified atom stereocenters. The zero-order valence-corrected chi connectivity index (χ0v) is 7.34. The average Bonchev–Trinajstić information content (AvgIpc) is 2.59. The van der Waals surface area contributed by atoms with Gasteiger partial charge in [-0.2, -0.15) is 0 Å². The van der Waals surface area contributed by atoms with Gasteiger partial charge in [-0.1, -0.05) is 6.08 Å². The van der Waals surface area contributed by atoms with Gasteiger partial charge in [0.1, 0.15) is 0 Å². The first-order valence-electron chi connectivity index (χ1n) is 4.39. The van der Waals surface area contributed by atoms with E-state index in [2.05, 4.69) is 16.9 Å². The summed E-state index contributed by atoms with van der Waals surface area (Å²) in [7, 11) is 0. The van der Waals surface area contributed by atoms with Crippen LogP contribution in [0.5, 0.6) is 0 Å². The summed E-state index contributed by atoms with van der Waals surface area (Å²) in [6, 6.07) is 1.82. The number of nitrogens with one attached hydrogen (secondary N) is 2. The number of amides is 1. The second-order valence-corrected chi connectivity index (χ2v) is 3.24. The van der Waals surface area contributed by atoms with Crippen LogP contribution in [0.3, 0.4) is 0 Å². The summed E-state index contributed by atoms with van der Waals surface area (Å²) in [5, 5.41) is 2.85. The van der Waals surface area contributed by atoms with Gasteiger partial charge in [-0.15, -0.1) is 6.58 Å². The van der Waals surface area contributed by atoms with Crippen molar-refractivity contribution in [2.45, 2.75) is 12.3 Å². The number of rotatable bonds is 2. The molecular formula is C10H12N2O. The van der Waals surface area contributed by atoms with Crippen molar-refractivity contribution in [1.29, 1.82) is 0 Å². The fourth-order valence-corrected chi connectivity index (χ4v) is 1.73. The molecule has 1 amide bonds. The Morgan fingerprint density at radius 1 is 1.69 bits per heavy atom. The summed E-state index contributed by atoms with van der Waals surface area (Å²) in [6.45, 7) is 4.41. The van der Waals surface area contributed by atoms with Crippen molar-refractivity contribution < 1.29 is 4.79 Å². The highest BCUT2D eigenvalue weighted by Gasteiger charge is 2.24. The molecule has 0 spiro atoms. The van der Waals surface area contributed by atoms with Crippen LogP contribution in [0.2, 0.25) is 0 Å². The summed E-state index contributed by atoms with van der Waals surface area (Å²) in [6.07, 6.45) is 4.59. The van der Waals surface area contributed by atoms with Gasteiger partial charge in [-0.05, 0) is 12.5 Å². The van der Waals surface area contributed by atoms with E-state index >= 15 is 0 Å². The third-order valence-electron chi connectivity index (χ3n) is 2.39. The number of fused-ring (bicyclic) bond motifs is 1. The van der Waals surface area contributed by atoms with Gasteiger partial charge in [0.2, 0.25) is 0 Å². The summed E-state index contributed by atoms with van der Waals surface area (Å²) in [5.41, 5.74) is 1.82. The molecule has 0 bridgehead atoms. The lowest BCUT2D eigenvalue weighted by Crippen LogP contribution is -2.34. The number of carbonyl (C=O) groups is 1. The Hall–Kier alpha value is -1.51. The third kappa shape index (κ3) is 1.26. The average molecular weight is 176 g/mol. The number of H-pyrrole nitrogens is 1. The van der Waals surface area contributed by atoms with Crippen LogP contribution in [0, 0.1) is 0 Å². The van der Waals surface area contributed by atoms with E-state index in [1.54, 1.807) is 0 Å². The van der Waals surface area contributed by atoms with E-state index in [0.717, 1.165) is 17.7 Å². The summed E-state index contributed by atoms with van der Waals surface area (Å²) in [4.78, 5) is 14.5. The van der Waals surface area contributed by atoms with Crippen LogP contribution >= 0.6 is 0 Å². The maximum atomic E-state index is 11.3. The molecule has 0 saturated heterocycles. The quantitative estimate of drug-likeness (QED) is 0.657. The summed E-state index contributed by atoms with van der Waals surface area (Å²) < 4.78 is 0. The number of carbonyl (C=O) groups excluding carboxylic acids is 1. The lowest BCUT2D eigenvalue weighted by atomic mass is 9.95. The van der Waals surface area contributed by atoms with Crippen LogP contribution in [0.25, 0.3) is 0 Å². The highest BCUT2D eigenvalue weighted by atomic mass is 16.1. The van der Waals surface area contributed by atoms with Crippen molar-refractivity contribution >= 4 is 5.91 Å². The predicted octanol–water partition coefficient (Wildman–Crippen LogP) is 1.42. The zero-order valence-electron chi connectivity index (χ0n) is 7.34. The van der Waals surface area contributed by atoms with Crippen molar-refractivity contribution in [3.8, 4) is 0 Å².